The lowest BCUT2D eigenvalue weighted by Gasteiger charge is -2.34. The molecule has 1 fully saturated rings. The number of benzene rings is 2. The molecule has 4 rings (SSSR count). The molecule has 0 bridgehead atoms. The normalized spacial score (nSPS) is 14.8. The van der Waals surface area contributed by atoms with Crippen LogP contribution in [0.3, 0.4) is 0 Å². The van der Waals surface area contributed by atoms with Crippen molar-refractivity contribution in [2.75, 3.05) is 23.7 Å². The molecule has 0 spiro atoms. The van der Waals surface area contributed by atoms with Gasteiger partial charge in [-0.3, -0.25) is 4.79 Å². The summed E-state index contributed by atoms with van der Waals surface area (Å²) in [4.78, 5) is 16.5. The molecule has 10 heteroatoms. The number of aryl methyl sites for hydroxylation is 1. The lowest BCUT2D eigenvalue weighted by molar-refractivity contribution is -0.122. The monoisotopic (exact) mass is 482 g/mol. The number of nitrogens with zero attached hydrogens (tertiary/aromatic N) is 5. The maximum Gasteiger partial charge on any atom is 0.220 e. The fraction of sp³-hybridized carbons (Fsp3) is 0.417. The van der Waals surface area contributed by atoms with Gasteiger partial charge in [0.25, 0.3) is 0 Å². The number of anilines is 1. The first-order valence-corrected chi connectivity index (χ1v) is 13.3. The van der Waals surface area contributed by atoms with Gasteiger partial charge in [-0.1, -0.05) is 37.3 Å². The van der Waals surface area contributed by atoms with E-state index in [4.69, 9.17) is 0 Å². The molecule has 1 aromatic heterocycles. The van der Waals surface area contributed by atoms with Crippen molar-refractivity contribution in [2.24, 2.45) is 0 Å². The van der Waals surface area contributed by atoms with Crippen molar-refractivity contribution in [3.8, 4) is 11.4 Å². The maximum absolute atomic E-state index is 12.4. The van der Waals surface area contributed by atoms with Gasteiger partial charge >= 0.3 is 0 Å². The number of amides is 1. The maximum atomic E-state index is 12.4. The van der Waals surface area contributed by atoms with Crippen molar-refractivity contribution in [1.82, 2.24) is 25.5 Å². The highest BCUT2D eigenvalue weighted by atomic mass is 32.2. The summed E-state index contributed by atoms with van der Waals surface area (Å²) in [5, 5.41) is 15.7. The SMILES string of the molecule is CCS(=O)(=O)c1ccc(N2CCC(NC(=O)CCCn3nnc(-c4ccccc4)n3)CC2)cc1. The Kier molecular flexibility index (Phi) is 7.56. The van der Waals surface area contributed by atoms with Crippen molar-refractivity contribution < 1.29 is 13.2 Å². The van der Waals surface area contributed by atoms with Crippen LogP contribution < -0.4 is 10.2 Å². The number of hydrogen-bond acceptors (Lipinski definition) is 7. The van der Waals surface area contributed by atoms with Crippen LogP contribution in [0.15, 0.2) is 59.5 Å². The molecule has 34 heavy (non-hydrogen) atoms. The van der Waals surface area contributed by atoms with Gasteiger partial charge in [-0.15, -0.1) is 10.2 Å². The van der Waals surface area contributed by atoms with Crippen LogP contribution in [0.25, 0.3) is 11.4 Å². The van der Waals surface area contributed by atoms with E-state index in [9.17, 15) is 13.2 Å². The van der Waals surface area contributed by atoms with Gasteiger partial charge in [0.05, 0.1) is 17.2 Å². The average Bonchev–Trinajstić information content (AvgIpc) is 3.34. The molecular weight excluding hydrogens is 452 g/mol. The highest BCUT2D eigenvalue weighted by Crippen LogP contribution is 2.22. The van der Waals surface area contributed by atoms with E-state index in [1.54, 1.807) is 19.1 Å². The van der Waals surface area contributed by atoms with E-state index in [2.05, 4.69) is 25.6 Å². The van der Waals surface area contributed by atoms with Crippen LogP contribution in [0, 0.1) is 0 Å². The number of carbonyl (C=O) groups excluding carboxylic acids is 1. The van der Waals surface area contributed by atoms with Crippen molar-refractivity contribution >= 4 is 21.4 Å². The largest absolute Gasteiger partial charge is 0.371 e. The summed E-state index contributed by atoms with van der Waals surface area (Å²) in [5.74, 6) is 0.719. The van der Waals surface area contributed by atoms with Gasteiger partial charge in [0, 0.05) is 36.8 Å². The fourth-order valence-corrected chi connectivity index (χ4v) is 4.92. The van der Waals surface area contributed by atoms with Crippen LogP contribution in [-0.4, -0.2) is 59.4 Å². The molecule has 1 N–H and O–H groups in total. The average molecular weight is 483 g/mol. The van der Waals surface area contributed by atoms with Crippen LogP contribution in [0.5, 0.6) is 0 Å². The van der Waals surface area contributed by atoms with Crippen LogP contribution in [0.4, 0.5) is 5.69 Å². The molecule has 1 aliphatic heterocycles. The summed E-state index contributed by atoms with van der Waals surface area (Å²) < 4.78 is 24.0. The molecule has 1 saturated heterocycles. The standard InChI is InChI=1S/C24H30N6O3S/c1-2-34(32,33)22-12-10-21(11-13-22)29-17-14-20(15-18-29)25-23(31)9-6-16-30-27-24(26-28-30)19-7-4-3-5-8-19/h3-5,7-8,10-13,20H,2,6,9,14-18H2,1H3,(H,25,31). The van der Waals surface area contributed by atoms with E-state index >= 15 is 0 Å². The summed E-state index contributed by atoms with van der Waals surface area (Å²) in [6.45, 7) is 3.82. The van der Waals surface area contributed by atoms with E-state index in [-0.39, 0.29) is 17.7 Å². The predicted molar refractivity (Wildman–Crippen MR) is 130 cm³/mol. The number of carbonyl (C=O) groups is 1. The second kappa shape index (κ2) is 10.8. The van der Waals surface area contributed by atoms with Gasteiger partial charge in [-0.2, -0.15) is 4.80 Å². The summed E-state index contributed by atoms with van der Waals surface area (Å²) in [5.41, 5.74) is 1.93. The fourth-order valence-electron chi connectivity index (χ4n) is 4.03. The van der Waals surface area contributed by atoms with Crippen molar-refractivity contribution in [3.63, 3.8) is 0 Å². The molecule has 0 aliphatic carbocycles. The Morgan fingerprint density at radius 1 is 1.06 bits per heavy atom. The number of nitrogens with one attached hydrogen (secondary N) is 1. The number of sulfone groups is 1. The van der Waals surface area contributed by atoms with Gasteiger partial charge in [0.2, 0.25) is 11.7 Å². The first-order valence-electron chi connectivity index (χ1n) is 11.6. The number of hydrogen-bond donors (Lipinski definition) is 1. The Labute approximate surface area is 200 Å². The van der Waals surface area contributed by atoms with E-state index in [0.29, 0.717) is 30.1 Å². The number of aromatic nitrogens is 4. The Morgan fingerprint density at radius 3 is 2.44 bits per heavy atom. The topological polar surface area (TPSA) is 110 Å². The Hall–Kier alpha value is -3.27. The Bertz CT molecular complexity index is 1190. The van der Waals surface area contributed by atoms with E-state index in [1.165, 1.54) is 4.80 Å². The minimum absolute atomic E-state index is 0.0379. The van der Waals surface area contributed by atoms with Crippen molar-refractivity contribution in [3.05, 3.63) is 54.6 Å². The number of rotatable bonds is 9. The zero-order chi connectivity index (χ0) is 24.0. The molecule has 180 valence electrons. The zero-order valence-electron chi connectivity index (χ0n) is 19.3. The van der Waals surface area contributed by atoms with Gasteiger partial charge in [-0.25, -0.2) is 8.42 Å². The minimum atomic E-state index is -3.18. The molecule has 0 unspecified atom stereocenters. The van der Waals surface area contributed by atoms with Crippen molar-refractivity contribution in [1.29, 1.82) is 0 Å². The minimum Gasteiger partial charge on any atom is -0.371 e. The van der Waals surface area contributed by atoms with Crippen LogP contribution >= 0.6 is 0 Å². The smallest absolute Gasteiger partial charge is 0.220 e. The van der Waals surface area contributed by atoms with E-state index in [1.807, 2.05) is 42.5 Å². The van der Waals surface area contributed by atoms with Crippen LogP contribution in [-0.2, 0) is 21.2 Å². The predicted octanol–water partition coefficient (Wildman–Crippen LogP) is 2.70. The van der Waals surface area contributed by atoms with E-state index < -0.39 is 9.84 Å². The van der Waals surface area contributed by atoms with Crippen LogP contribution in [0.2, 0.25) is 0 Å². The molecule has 1 aliphatic rings. The van der Waals surface area contributed by atoms with Crippen LogP contribution in [0.1, 0.15) is 32.6 Å². The molecule has 2 aromatic carbocycles. The lowest BCUT2D eigenvalue weighted by atomic mass is 10.0. The molecule has 0 radical (unpaired) electrons. The van der Waals surface area contributed by atoms with Gasteiger partial charge in [-0.05, 0) is 48.7 Å². The van der Waals surface area contributed by atoms with E-state index in [0.717, 1.165) is 37.2 Å². The molecule has 9 nitrogen and oxygen atoms in total. The van der Waals surface area contributed by atoms with Gasteiger partial charge < -0.3 is 10.2 Å². The highest BCUT2D eigenvalue weighted by molar-refractivity contribution is 7.91. The first-order chi connectivity index (χ1) is 16.4. The molecular formula is C24H30N6O3S. The molecule has 0 atom stereocenters. The van der Waals surface area contributed by atoms with Gasteiger partial charge in [0.1, 0.15) is 0 Å². The number of piperidine rings is 1. The summed E-state index contributed by atoms with van der Waals surface area (Å²) in [6.07, 6.45) is 2.76. The first kappa shape index (κ1) is 23.9. The molecule has 0 saturated carbocycles. The second-order valence-corrected chi connectivity index (χ2v) is 10.7. The lowest BCUT2D eigenvalue weighted by Crippen LogP contribution is -2.44. The summed E-state index contributed by atoms with van der Waals surface area (Å²) in [7, 11) is -3.18. The zero-order valence-corrected chi connectivity index (χ0v) is 20.1. The second-order valence-electron chi connectivity index (χ2n) is 8.40. The Balaban J connectivity index is 1.18. The van der Waals surface area contributed by atoms with Gasteiger partial charge in [0.15, 0.2) is 9.84 Å². The van der Waals surface area contributed by atoms with Crippen molar-refractivity contribution in [2.45, 2.75) is 50.1 Å². The molecule has 1 amide bonds. The number of tetrazole rings is 1. The molecule has 3 aromatic rings. The molecule has 2 heterocycles. The highest BCUT2D eigenvalue weighted by Gasteiger charge is 2.21. The quantitative estimate of drug-likeness (QED) is 0.499. The third-order valence-corrected chi connectivity index (χ3v) is 7.80. The Morgan fingerprint density at radius 2 is 1.76 bits per heavy atom. The summed E-state index contributed by atoms with van der Waals surface area (Å²) in [6, 6.07) is 16.9. The third-order valence-electron chi connectivity index (χ3n) is 6.05. The third kappa shape index (κ3) is 5.99. The summed E-state index contributed by atoms with van der Waals surface area (Å²) >= 11 is 0.